The molecule has 3 aromatic rings. The average Bonchev–Trinajstić information content (AvgIpc) is 2.97. The summed E-state index contributed by atoms with van der Waals surface area (Å²) in [7, 11) is 0. The third kappa shape index (κ3) is 3.83. The highest BCUT2D eigenvalue weighted by Crippen LogP contribution is 2.26. The van der Waals surface area contributed by atoms with Crippen LogP contribution < -0.4 is 5.32 Å². The van der Waals surface area contributed by atoms with E-state index in [2.05, 4.69) is 20.3 Å². The van der Waals surface area contributed by atoms with Gasteiger partial charge in [-0.05, 0) is 42.8 Å². The van der Waals surface area contributed by atoms with Crippen molar-refractivity contribution < 1.29 is 4.79 Å². The number of hydrogen-bond donors (Lipinski definition) is 2. The number of H-pyrrole nitrogens is 1. The minimum atomic E-state index is -0.244. The molecule has 0 bridgehead atoms. The van der Waals surface area contributed by atoms with Crippen LogP contribution in [0.2, 0.25) is 5.02 Å². The highest BCUT2D eigenvalue weighted by atomic mass is 35.5. The minimum Gasteiger partial charge on any atom is -0.332 e. The second kappa shape index (κ2) is 7.02. The fourth-order valence-electron chi connectivity index (χ4n) is 2.09. The Kier molecular flexibility index (Phi) is 4.83. The Morgan fingerprint density at radius 2 is 2.13 bits per heavy atom. The van der Waals surface area contributed by atoms with Gasteiger partial charge in [0.15, 0.2) is 10.8 Å². The third-order valence-corrected chi connectivity index (χ3v) is 4.77. The van der Waals surface area contributed by atoms with Crippen LogP contribution in [0.5, 0.6) is 0 Å². The van der Waals surface area contributed by atoms with Crippen molar-refractivity contribution in [2.75, 3.05) is 5.32 Å². The van der Waals surface area contributed by atoms with Crippen LogP contribution >= 0.6 is 23.4 Å². The Morgan fingerprint density at radius 1 is 1.35 bits per heavy atom. The lowest BCUT2D eigenvalue weighted by atomic mass is 10.3. The molecule has 2 aromatic heterocycles. The number of rotatable bonds is 5. The van der Waals surface area contributed by atoms with Crippen molar-refractivity contribution in [3.63, 3.8) is 0 Å². The number of amides is 1. The molecule has 23 heavy (non-hydrogen) atoms. The van der Waals surface area contributed by atoms with Gasteiger partial charge in [-0.2, -0.15) is 0 Å². The number of hydrogen-bond acceptors (Lipinski definition) is 4. The van der Waals surface area contributed by atoms with Crippen molar-refractivity contribution in [1.29, 1.82) is 0 Å². The van der Waals surface area contributed by atoms with Gasteiger partial charge in [-0.15, -0.1) is 0 Å². The van der Waals surface area contributed by atoms with Gasteiger partial charge in [-0.1, -0.05) is 30.3 Å². The SMILES string of the molecule is CC[C@H](Sc1nc2ncccc2[nH]1)C(=O)Nc1ccc(Cl)cc1. The molecule has 0 aliphatic rings. The summed E-state index contributed by atoms with van der Waals surface area (Å²) in [6, 6.07) is 10.8. The molecular formula is C16H15ClN4OS. The van der Waals surface area contributed by atoms with Crippen molar-refractivity contribution in [2.45, 2.75) is 23.8 Å². The maximum atomic E-state index is 12.4. The standard InChI is InChI=1S/C16H15ClN4OS/c1-2-13(15(22)19-11-7-5-10(17)6-8-11)23-16-20-12-4-3-9-18-14(12)21-16/h3-9,13H,2H2,1H3,(H,19,22)(H,18,20,21)/t13-/m0/s1. The first kappa shape index (κ1) is 15.8. The Balaban J connectivity index is 1.71. The van der Waals surface area contributed by atoms with Gasteiger partial charge < -0.3 is 10.3 Å². The zero-order chi connectivity index (χ0) is 16.2. The number of carbonyl (C=O) groups is 1. The van der Waals surface area contributed by atoms with Crippen molar-refractivity contribution in [1.82, 2.24) is 15.0 Å². The predicted octanol–water partition coefficient (Wildman–Crippen LogP) is 4.12. The molecule has 0 aliphatic carbocycles. The van der Waals surface area contributed by atoms with E-state index >= 15 is 0 Å². The summed E-state index contributed by atoms with van der Waals surface area (Å²) < 4.78 is 0. The molecule has 1 amide bonds. The Bertz CT molecular complexity index is 785. The van der Waals surface area contributed by atoms with E-state index < -0.39 is 0 Å². The van der Waals surface area contributed by atoms with E-state index in [0.29, 0.717) is 22.2 Å². The Morgan fingerprint density at radius 3 is 2.83 bits per heavy atom. The van der Waals surface area contributed by atoms with Crippen LogP contribution in [-0.4, -0.2) is 26.1 Å². The van der Waals surface area contributed by atoms with Crippen LogP contribution in [0.25, 0.3) is 11.2 Å². The average molecular weight is 347 g/mol. The Hall–Kier alpha value is -2.05. The van der Waals surface area contributed by atoms with E-state index in [1.54, 1.807) is 30.5 Å². The molecule has 0 radical (unpaired) electrons. The van der Waals surface area contributed by atoms with Gasteiger partial charge in [0.1, 0.15) is 0 Å². The number of benzene rings is 1. The molecule has 5 nitrogen and oxygen atoms in total. The summed E-state index contributed by atoms with van der Waals surface area (Å²) in [4.78, 5) is 24.2. The van der Waals surface area contributed by atoms with E-state index in [9.17, 15) is 4.79 Å². The third-order valence-electron chi connectivity index (χ3n) is 3.26. The van der Waals surface area contributed by atoms with Gasteiger partial charge in [0.25, 0.3) is 0 Å². The number of halogens is 1. The van der Waals surface area contributed by atoms with Gasteiger partial charge in [0, 0.05) is 16.9 Å². The van der Waals surface area contributed by atoms with E-state index in [1.807, 2.05) is 19.1 Å². The second-order valence-corrected chi connectivity index (χ2v) is 6.56. The number of anilines is 1. The highest BCUT2D eigenvalue weighted by molar-refractivity contribution is 8.00. The smallest absolute Gasteiger partial charge is 0.237 e. The van der Waals surface area contributed by atoms with Crippen molar-refractivity contribution in [3.05, 3.63) is 47.6 Å². The highest BCUT2D eigenvalue weighted by Gasteiger charge is 2.20. The number of imidazole rings is 1. The lowest BCUT2D eigenvalue weighted by Gasteiger charge is -2.13. The van der Waals surface area contributed by atoms with E-state index in [0.717, 1.165) is 11.2 Å². The van der Waals surface area contributed by atoms with Gasteiger partial charge in [-0.25, -0.2) is 9.97 Å². The van der Waals surface area contributed by atoms with Crippen molar-refractivity contribution in [3.8, 4) is 0 Å². The number of nitrogens with zero attached hydrogens (tertiary/aromatic N) is 2. The first-order valence-corrected chi connectivity index (χ1v) is 8.45. The van der Waals surface area contributed by atoms with Crippen LogP contribution in [0.3, 0.4) is 0 Å². The largest absolute Gasteiger partial charge is 0.332 e. The predicted molar refractivity (Wildman–Crippen MR) is 93.9 cm³/mol. The molecule has 3 rings (SSSR count). The van der Waals surface area contributed by atoms with E-state index in [1.165, 1.54) is 11.8 Å². The quantitative estimate of drug-likeness (QED) is 0.682. The maximum absolute atomic E-state index is 12.4. The van der Waals surface area contributed by atoms with Crippen LogP contribution in [0.1, 0.15) is 13.3 Å². The molecule has 0 saturated carbocycles. The molecule has 0 unspecified atom stereocenters. The molecule has 7 heteroatoms. The molecule has 118 valence electrons. The number of nitrogens with one attached hydrogen (secondary N) is 2. The zero-order valence-electron chi connectivity index (χ0n) is 12.4. The van der Waals surface area contributed by atoms with Crippen LogP contribution in [0.15, 0.2) is 47.8 Å². The van der Waals surface area contributed by atoms with Crippen LogP contribution in [-0.2, 0) is 4.79 Å². The summed E-state index contributed by atoms with van der Waals surface area (Å²) >= 11 is 7.25. The molecule has 1 aromatic carbocycles. The monoisotopic (exact) mass is 346 g/mol. The summed E-state index contributed by atoms with van der Waals surface area (Å²) in [5, 5.41) is 3.98. The lowest BCUT2D eigenvalue weighted by molar-refractivity contribution is -0.115. The Labute approximate surface area is 142 Å². The maximum Gasteiger partial charge on any atom is 0.237 e. The minimum absolute atomic E-state index is 0.0618. The van der Waals surface area contributed by atoms with Crippen LogP contribution in [0, 0.1) is 0 Å². The fourth-order valence-corrected chi connectivity index (χ4v) is 3.13. The molecule has 0 spiro atoms. The molecule has 0 aliphatic heterocycles. The van der Waals surface area contributed by atoms with Gasteiger partial charge in [0.05, 0.1) is 10.8 Å². The molecular weight excluding hydrogens is 332 g/mol. The summed E-state index contributed by atoms with van der Waals surface area (Å²) in [6.45, 7) is 1.97. The van der Waals surface area contributed by atoms with E-state index in [4.69, 9.17) is 11.6 Å². The number of fused-ring (bicyclic) bond motifs is 1. The summed E-state index contributed by atoms with van der Waals surface area (Å²) in [5.41, 5.74) is 2.25. The van der Waals surface area contributed by atoms with Gasteiger partial charge in [0.2, 0.25) is 5.91 Å². The lowest BCUT2D eigenvalue weighted by Crippen LogP contribution is -2.24. The molecule has 0 fully saturated rings. The number of carbonyl (C=O) groups excluding carboxylic acids is 1. The number of pyridine rings is 1. The topological polar surface area (TPSA) is 70.7 Å². The number of aromatic amines is 1. The van der Waals surface area contributed by atoms with Gasteiger partial charge >= 0.3 is 0 Å². The first-order valence-electron chi connectivity index (χ1n) is 7.19. The van der Waals surface area contributed by atoms with Crippen molar-refractivity contribution >= 4 is 46.1 Å². The molecule has 2 heterocycles. The fraction of sp³-hybridized carbons (Fsp3) is 0.188. The molecule has 0 saturated heterocycles. The summed E-state index contributed by atoms with van der Waals surface area (Å²) in [5.74, 6) is -0.0618. The van der Waals surface area contributed by atoms with E-state index in [-0.39, 0.29) is 11.2 Å². The molecule has 1 atom stereocenters. The summed E-state index contributed by atoms with van der Waals surface area (Å²) in [6.07, 6.45) is 2.39. The number of thioether (sulfide) groups is 1. The second-order valence-electron chi connectivity index (χ2n) is 4.93. The first-order chi connectivity index (χ1) is 11.2. The van der Waals surface area contributed by atoms with Gasteiger partial charge in [-0.3, -0.25) is 4.79 Å². The number of aromatic nitrogens is 3. The normalized spacial score (nSPS) is 12.3. The molecule has 2 N–H and O–H groups in total. The van der Waals surface area contributed by atoms with Crippen LogP contribution in [0.4, 0.5) is 5.69 Å². The van der Waals surface area contributed by atoms with Crippen molar-refractivity contribution in [2.24, 2.45) is 0 Å². The zero-order valence-corrected chi connectivity index (χ0v) is 14.0.